The first-order valence-electron chi connectivity index (χ1n) is 10.2. The Kier molecular flexibility index (Phi) is 5.79. The van der Waals surface area contributed by atoms with Crippen molar-refractivity contribution in [3.63, 3.8) is 0 Å². The summed E-state index contributed by atoms with van der Waals surface area (Å²) in [7, 11) is 0. The molecule has 0 amide bonds. The van der Waals surface area contributed by atoms with Crippen molar-refractivity contribution in [2.24, 2.45) is 0 Å². The zero-order valence-electron chi connectivity index (χ0n) is 17.6. The van der Waals surface area contributed by atoms with Gasteiger partial charge in [-0.15, -0.1) is 0 Å². The van der Waals surface area contributed by atoms with Gasteiger partial charge in [-0.25, -0.2) is 0 Å². The van der Waals surface area contributed by atoms with Crippen LogP contribution in [0.5, 0.6) is 0 Å². The van der Waals surface area contributed by atoms with Crippen molar-refractivity contribution in [3.8, 4) is 0 Å². The predicted octanol–water partition coefficient (Wildman–Crippen LogP) is 5.74. The van der Waals surface area contributed by atoms with Crippen LogP contribution in [0.3, 0.4) is 0 Å². The monoisotopic (exact) mass is 365 g/mol. The van der Waals surface area contributed by atoms with Crippen LogP contribution < -0.4 is 5.32 Å². The minimum atomic E-state index is -0.0713. The summed E-state index contributed by atoms with van der Waals surface area (Å²) in [4.78, 5) is 0. The van der Waals surface area contributed by atoms with Gasteiger partial charge in [0.05, 0.1) is 5.60 Å². The first-order chi connectivity index (χ1) is 12.7. The van der Waals surface area contributed by atoms with E-state index in [0.717, 1.165) is 32.4 Å². The number of nitrogens with one attached hydrogen (secondary N) is 1. The van der Waals surface area contributed by atoms with Crippen molar-refractivity contribution in [3.05, 3.63) is 71.3 Å². The van der Waals surface area contributed by atoms with E-state index in [1.807, 2.05) is 0 Å². The molecule has 0 bridgehead atoms. The average Bonchev–Trinajstić information content (AvgIpc) is 2.62. The SMILES string of the molecule is Cc1ccc(C2(CCNC(C)(C)c3ccccc3)CCOC(C)(C)C2)cc1. The van der Waals surface area contributed by atoms with Gasteiger partial charge in [0, 0.05) is 17.6 Å². The first-order valence-corrected chi connectivity index (χ1v) is 10.2. The Labute approximate surface area is 165 Å². The van der Waals surface area contributed by atoms with Crippen molar-refractivity contribution in [2.75, 3.05) is 13.2 Å². The van der Waals surface area contributed by atoms with Crippen molar-refractivity contribution >= 4 is 0 Å². The summed E-state index contributed by atoms with van der Waals surface area (Å²) in [6, 6.07) is 19.9. The second-order valence-corrected chi connectivity index (χ2v) is 9.35. The Balaban J connectivity index is 1.77. The van der Waals surface area contributed by atoms with Gasteiger partial charge in [0.2, 0.25) is 0 Å². The molecule has 27 heavy (non-hydrogen) atoms. The highest BCUT2D eigenvalue weighted by Gasteiger charge is 2.41. The van der Waals surface area contributed by atoms with Crippen LogP contribution in [0.2, 0.25) is 0 Å². The lowest BCUT2D eigenvalue weighted by atomic mass is 9.67. The van der Waals surface area contributed by atoms with E-state index in [1.54, 1.807) is 0 Å². The maximum Gasteiger partial charge on any atom is 0.0635 e. The quantitative estimate of drug-likeness (QED) is 0.705. The largest absolute Gasteiger partial charge is 0.376 e. The van der Waals surface area contributed by atoms with E-state index in [2.05, 4.69) is 94.5 Å². The molecule has 1 heterocycles. The Morgan fingerprint density at radius 3 is 2.30 bits per heavy atom. The Hall–Kier alpha value is -1.64. The van der Waals surface area contributed by atoms with E-state index in [4.69, 9.17) is 4.74 Å². The van der Waals surface area contributed by atoms with E-state index in [9.17, 15) is 0 Å². The summed E-state index contributed by atoms with van der Waals surface area (Å²) in [5.74, 6) is 0. The molecule has 1 aliphatic rings. The second kappa shape index (κ2) is 7.77. The number of hydrogen-bond donors (Lipinski definition) is 1. The lowest BCUT2D eigenvalue weighted by molar-refractivity contribution is -0.0841. The van der Waals surface area contributed by atoms with Crippen molar-refractivity contribution in [1.29, 1.82) is 0 Å². The molecule has 2 heteroatoms. The molecule has 0 saturated carbocycles. The minimum absolute atomic E-state index is 0.0313. The van der Waals surface area contributed by atoms with Crippen molar-refractivity contribution < 1.29 is 4.74 Å². The van der Waals surface area contributed by atoms with Crippen LogP contribution in [-0.4, -0.2) is 18.8 Å². The number of benzene rings is 2. The Morgan fingerprint density at radius 1 is 1.00 bits per heavy atom. The number of hydrogen-bond acceptors (Lipinski definition) is 2. The minimum Gasteiger partial charge on any atom is -0.376 e. The van der Waals surface area contributed by atoms with Gasteiger partial charge >= 0.3 is 0 Å². The summed E-state index contributed by atoms with van der Waals surface area (Å²) >= 11 is 0. The zero-order chi connectivity index (χ0) is 19.5. The summed E-state index contributed by atoms with van der Waals surface area (Å²) in [5.41, 5.74) is 4.19. The number of ether oxygens (including phenoxy) is 1. The maximum atomic E-state index is 6.06. The van der Waals surface area contributed by atoms with Crippen LogP contribution in [0.4, 0.5) is 0 Å². The van der Waals surface area contributed by atoms with Gasteiger partial charge in [-0.2, -0.15) is 0 Å². The molecule has 1 N–H and O–H groups in total. The van der Waals surface area contributed by atoms with Crippen molar-refractivity contribution in [1.82, 2.24) is 5.32 Å². The molecule has 1 atom stereocenters. The summed E-state index contributed by atoms with van der Waals surface area (Å²) in [6.07, 6.45) is 3.28. The summed E-state index contributed by atoms with van der Waals surface area (Å²) in [6.45, 7) is 13.0. The highest BCUT2D eigenvalue weighted by Crippen LogP contribution is 2.44. The fourth-order valence-corrected chi connectivity index (χ4v) is 4.56. The van der Waals surface area contributed by atoms with Crippen LogP contribution in [-0.2, 0) is 15.7 Å². The molecular weight excluding hydrogens is 330 g/mol. The highest BCUT2D eigenvalue weighted by atomic mass is 16.5. The molecule has 0 spiro atoms. The van der Waals surface area contributed by atoms with Gasteiger partial charge in [0.1, 0.15) is 0 Å². The molecule has 2 aromatic carbocycles. The van der Waals surface area contributed by atoms with E-state index in [1.165, 1.54) is 16.7 Å². The van der Waals surface area contributed by atoms with E-state index in [-0.39, 0.29) is 16.6 Å². The summed E-state index contributed by atoms with van der Waals surface area (Å²) in [5, 5.41) is 3.82. The van der Waals surface area contributed by atoms with E-state index < -0.39 is 0 Å². The fourth-order valence-electron chi connectivity index (χ4n) is 4.56. The third kappa shape index (κ3) is 4.80. The fraction of sp³-hybridized carbons (Fsp3) is 0.520. The second-order valence-electron chi connectivity index (χ2n) is 9.35. The van der Waals surface area contributed by atoms with Gasteiger partial charge in [0.25, 0.3) is 0 Å². The normalized spacial score (nSPS) is 22.6. The molecule has 1 unspecified atom stereocenters. The third-order valence-electron chi connectivity index (χ3n) is 6.17. The topological polar surface area (TPSA) is 21.3 Å². The highest BCUT2D eigenvalue weighted by molar-refractivity contribution is 5.30. The third-order valence-corrected chi connectivity index (χ3v) is 6.17. The van der Waals surface area contributed by atoms with Crippen LogP contribution in [0.15, 0.2) is 54.6 Å². The van der Waals surface area contributed by atoms with Gasteiger partial charge in [-0.05, 0) is 71.6 Å². The van der Waals surface area contributed by atoms with Crippen LogP contribution in [0, 0.1) is 6.92 Å². The Morgan fingerprint density at radius 2 is 1.67 bits per heavy atom. The molecule has 0 aromatic heterocycles. The molecule has 1 aliphatic heterocycles. The average molecular weight is 366 g/mol. The number of aryl methyl sites for hydroxylation is 1. The zero-order valence-corrected chi connectivity index (χ0v) is 17.6. The van der Waals surface area contributed by atoms with E-state index >= 15 is 0 Å². The number of rotatable bonds is 6. The summed E-state index contributed by atoms with van der Waals surface area (Å²) < 4.78 is 6.06. The van der Waals surface area contributed by atoms with Crippen LogP contribution >= 0.6 is 0 Å². The van der Waals surface area contributed by atoms with E-state index in [0.29, 0.717) is 0 Å². The molecule has 1 fully saturated rings. The molecule has 1 saturated heterocycles. The molecule has 3 rings (SSSR count). The molecule has 0 radical (unpaired) electrons. The molecule has 0 aliphatic carbocycles. The van der Waals surface area contributed by atoms with Crippen LogP contribution in [0.25, 0.3) is 0 Å². The van der Waals surface area contributed by atoms with Gasteiger partial charge in [-0.3, -0.25) is 0 Å². The van der Waals surface area contributed by atoms with Crippen LogP contribution in [0.1, 0.15) is 63.6 Å². The Bertz CT molecular complexity index is 733. The molecule has 146 valence electrons. The molecule has 2 nitrogen and oxygen atoms in total. The first kappa shape index (κ1) is 20.1. The standard InChI is InChI=1S/C25H35NO/c1-20-11-13-22(14-12-20)25(16-18-27-23(2,3)19-25)15-17-26-24(4,5)21-9-7-6-8-10-21/h6-14,26H,15-19H2,1-5H3. The molecular formula is C25H35NO. The lowest BCUT2D eigenvalue weighted by Gasteiger charge is -2.46. The maximum absolute atomic E-state index is 6.06. The lowest BCUT2D eigenvalue weighted by Crippen LogP contribution is -2.47. The predicted molar refractivity (Wildman–Crippen MR) is 114 cm³/mol. The van der Waals surface area contributed by atoms with Crippen molar-refractivity contribution in [2.45, 2.75) is 70.4 Å². The van der Waals surface area contributed by atoms with Gasteiger partial charge in [-0.1, -0.05) is 60.2 Å². The van der Waals surface area contributed by atoms with Gasteiger partial charge in [0.15, 0.2) is 0 Å². The molecule has 2 aromatic rings. The smallest absolute Gasteiger partial charge is 0.0635 e. The van der Waals surface area contributed by atoms with Gasteiger partial charge < -0.3 is 10.1 Å².